The van der Waals surface area contributed by atoms with Crippen molar-refractivity contribution in [3.63, 3.8) is 0 Å². The first-order valence-corrected chi connectivity index (χ1v) is 5.07. The van der Waals surface area contributed by atoms with E-state index >= 15 is 0 Å². The second-order valence-electron chi connectivity index (χ2n) is 4.72. The maximum absolute atomic E-state index is 5.37. The summed E-state index contributed by atoms with van der Waals surface area (Å²) in [6, 6.07) is 0. The van der Waals surface area contributed by atoms with Crippen LogP contribution in [0.5, 0.6) is 0 Å². The van der Waals surface area contributed by atoms with Crippen molar-refractivity contribution in [2.75, 3.05) is 7.11 Å². The van der Waals surface area contributed by atoms with Gasteiger partial charge in [-0.15, -0.1) is 0 Å². The molecule has 0 aromatic carbocycles. The Bertz CT molecular complexity index is 164. The first-order valence-electron chi connectivity index (χ1n) is 5.07. The van der Waals surface area contributed by atoms with Gasteiger partial charge in [-0.25, -0.2) is 0 Å². The molecule has 0 aliphatic carbocycles. The van der Waals surface area contributed by atoms with E-state index in [0.717, 1.165) is 6.42 Å². The fraction of sp³-hybridized carbons (Fsp3) is 0.833. The zero-order valence-corrected chi connectivity index (χ0v) is 9.98. The van der Waals surface area contributed by atoms with Gasteiger partial charge in [-0.1, -0.05) is 18.6 Å². The zero-order chi connectivity index (χ0) is 10.5. The molecule has 0 saturated heterocycles. The number of ether oxygens (including phenoxy) is 1. The minimum Gasteiger partial charge on any atom is -0.379 e. The molecule has 0 rings (SSSR count). The van der Waals surface area contributed by atoms with Crippen LogP contribution in [0.1, 0.15) is 47.5 Å². The highest BCUT2D eigenvalue weighted by atomic mass is 16.5. The summed E-state index contributed by atoms with van der Waals surface area (Å²) in [7, 11) is 1.78. The van der Waals surface area contributed by atoms with E-state index in [1.54, 1.807) is 7.11 Å². The van der Waals surface area contributed by atoms with Gasteiger partial charge in [-0.2, -0.15) is 0 Å². The molecule has 0 bridgehead atoms. The Labute approximate surface area is 83.2 Å². The van der Waals surface area contributed by atoms with E-state index in [1.807, 2.05) is 0 Å². The molecule has 0 saturated carbocycles. The van der Waals surface area contributed by atoms with E-state index in [0.29, 0.717) is 5.92 Å². The quantitative estimate of drug-likeness (QED) is 0.591. The van der Waals surface area contributed by atoms with E-state index in [4.69, 9.17) is 4.74 Å². The van der Waals surface area contributed by atoms with E-state index in [-0.39, 0.29) is 5.60 Å². The number of hydrogen-bond acceptors (Lipinski definition) is 1. The van der Waals surface area contributed by atoms with Gasteiger partial charge in [-0.3, -0.25) is 0 Å². The average Bonchev–Trinajstić information content (AvgIpc) is 2.00. The lowest BCUT2D eigenvalue weighted by atomic mass is 9.95. The molecule has 78 valence electrons. The van der Waals surface area contributed by atoms with Gasteiger partial charge in [0.2, 0.25) is 0 Å². The Hall–Kier alpha value is -0.300. The monoisotopic (exact) mass is 184 g/mol. The Morgan fingerprint density at radius 1 is 1.38 bits per heavy atom. The molecule has 0 aliphatic rings. The van der Waals surface area contributed by atoms with Gasteiger partial charge >= 0.3 is 0 Å². The van der Waals surface area contributed by atoms with Crippen molar-refractivity contribution in [1.29, 1.82) is 0 Å². The molecule has 0 aromatic rings. The number of methoxy groups -OCH3 is 1. The Kier molecular flexibility index (Phi) is 5.31. The molecule has 0 radical (unpaired) electrons. The predicted octanol–water partition coefficient (Wildman–Crippen LogP) is 3.79. The third-order valence-corrected chi connectivity index (χ3v) is 2.37. The van der Waals surface area contributed by atoms with Gasteiger partial charge in [0.15, 0.2) is 0 Å². The fourth-order valence-electron chi connectivity index (χ4n) is 1.33. The van der Waals surface area contributed by atoms with Crippen LogP contribution in [-0.4, -0.2) is 12.7 Å². The highest BCUT2D eigenvalue weighted by Gasteiger charge is 2.16. The number of rotatable bonds is 5. The van der Waals surface area contributed by atoms with Crippen LogP contribution in [-0.2, 0) is 4.74 Å². The second kappa shape index (κ2) is 5.43. The standard InChI is InChI=1S/C12H24O/c1-10(2)9-11(3)7-8-12(4,5)13-6/h9,11H,7-8H2,1-6H3. The third-order valence-electron chi connectivity index (χ3n) is 2.37. The number of allylic oxidation sites excluding steroid dienone is 2. The third kappa shape index (κ3) is 6.83. The van der Waals surface area contributed by atoms with Crippen LogP contribution in [0.4, 0.5) is 0 Å². The van der Waals surface area contributed by atoms with Crippen molar-refractivity contribution in [1.82, 2.24) is 0 Å². The lowest BCUT2D eigenvalue weighted by Gasteiger charge is -2.23. The van der Waals surface area contributed by atoms with Gasteiger partial charge in [0, 0.05) is 7.11 Å². The zero-order valence-electron chi connectivity index (χ0n) is 9.98. The lowest BCUT2D eigenvalue weighted by Crippen LogP contribution is -2.22. The van der Waals surface area contributed by atoms with Crippen molar-refractivity contribution in [3.05, 3.63) is 11.6 Å². The molecule has 1 nitrogen and oxygen atoms in total. The molecule has 0 fully saturated rings. The SMILES string of the molecule is COC(C)(C)CCC(C)C=C(C)C. The first kappa shape index (κ1) is 12.7. The van der Waals surface area contributed by atoms with Crippen LogP contribution in [0.3, 0.4) is 0 Å². The van der Waals surface area contributed by atoms with Crippen LogP contribution in [0.25, 0.3) is 0 Å². The molecule has 13 heavy (non-hydrogen) atoms. The highest BCUT2D eigenvalue weighted by Crippen LogP contribution is 2.20. The van der Waals surface area contributed by atoms with Crippen LogP contribution < -0.4 is 0 Å². The topological polar surface area (TPSA) is 9.23 Å². The van der Waals surface area contributed by atoms with Crippen molar-refractivity contribution in [2.45, 2.75) is 53.1 Å². The summed E-state index contributed by atoms with van der Waals surface area (Å²) in [5.41, 5.74) is 1.44. The smallest absolute Gasteiger partial charge is 0.0623 e. The Balaban J connectivity index is 3.83. The van der Waals surface area contributed by atoms with Crippen molar-refractivity contribution in [2.24, 2.45) is 5.92 Å². The summed E-state index contributed by atoms with van der Waals surface area (Å²) in [4.78, 5) is 0. The maximum atomic E-state index is 5.37. The molecule has 1 atom stereocenters. The molecule has 0 heterocycles. The second-order valence-corrected chi connectivity index (χ2v) is 4.72. The molecule has 0 spiro atoms. The van der Waals surface area contributed by atoms with Gasteiger partial charge in [0.1, 0.15) is 0 Å². The van der Waals surface area contributed by atoms with Crippen LogP contribution in [0.15, 0.2) is 11.6 Å². The predicted molar refractivity (Wildman–Crippen MR) is 58.9 cm³/mol. The molecule has 1 heteroatoms. The van der Waals surface area contributed by atoms with Crippen LogP contribution in [0, 0.1) is 5.92 Å². The summed E-state index contributed by atoms with van der Waals surface area (Å²) < 4.78 is 5.37. The minimum absolute atomic E-state index is 0.0315. The van der Waals surface area contributed by atoms with E-state index in [1.165, 1.54) is 12.0 Å². The number of hydrogen-bond donors (Lipinski definition) is 0. The van der Waals surface area contributed by atoms with Crippen molar-refractivity contribution >= 4 is 0 Å². The Morgan fingerprint density at radius 3 is 2.31 bits per heavy atom. The van der Waals surface area contributed by atoms with Crippen LogP contribution in [0.2, 0.25) is 0 Å². The largest absolute Gasteiger partial charge is 0.379 e. The van der Waals surface area contributed by atoms with Crippen LogP contribution >= 0.6 is 0 Å². The molecular formula is C12H24O. The van der Waals surface area contributed by atoms with Crippen molar-refractivity contribution in [3.8, 4) is 0 Å². The first-order chi connectivity index (χ1) is 5.87. The summed E-state index contributed by atoms with van der Waals surface area (Å²) in [6.45, 7) is 10.8. The molecule has 0 aliphatic heterocycles. The van der Waals surface area contributed by atoms with Crippen molar-refractivity contribution < 1.29 is 4.74 Å². The summed E-state index contributed by atoms with van der Waals surface area (Å²) in [5.74, 6) is 0.666. The normalized spacial score (nSPS) is 14.0. The highest BCUT2D eigenvalue weighted by molar-refractivity contribution is 4.96. The van der Waals surface area contributed by atoms with E-state index in [9.17, 15) is 0 Å². The summed E-state index contributed by atoms with van der Waals surface area (Å²) in [6.07, 6.45) is 4.65. The summed E-state index contributed by atoms with van der Waals surface area (Å²) in [5, 5.41) is 0. The van der Waals surface area contributed by atoms with E-state index < -0.39 is 0 Å². The fourth-order valence-corrected chi connectivity index (χ4v) is 1.33. The van der Waals surface area contributed by atoms with Gasteiger partial charge in [0.25, 0.3) is 0 Å². The van der Waals surface area contributed by atoms with Gasteiger partial charge in [0.05, 0.1) is 5.60 Å². The maximum Gasteiger partial charge on any atom is 0.0623 e. The molecule has 0 N–H and O–H groups in total. The van der Waals surface area contributed by atoms with E-state index in [2.05, 4.69) is 40.7 Å². The minimum atomic E-state index is 0.0315. The van der Waals surface area contributed by atoms with Gasteiger partial charge in [-0.05, 0) is 46.5 Å². The summed E-state index contributed by atoms with van der Waals surface area (Å²) >= 11 is 0. The average molecular weight is 184 g/mol. The lowest BCUT2D eigenvalue weighted by molar-refractivity contribution is 0.0120. The molecular weight excluding hydrogens is 160 g/mol. The molecule has 0 aromatic heterocycles. The molecule has 1 unspecified atom stereocenters. The molecule has 0 amide bonds. The Morgan fingerprint density at radius 2 is 1.92 bits per heavy atom. The van der Waals surface area contributed by atoms with Gasteiger partial charge < -0.3 is 4.74 Å².